The maximum absolute atomic E-state index is 14.0. The Hall–Kier alpha value is -3.44. The van der Waals surface area contributed by atoms with E-state index >= 15 is 0 Å². The molecule has 6 nitrogen and oxygen atoms in total. The minimum atomic E-state index is -6.04. The summed E-state index contributed by atoms with van der Waals surface area (Å²) in [5.74, 6) is -4.79. The van der Waals surface area contributed by atoms with Crippen LogP contribution in [-0.4, -0.2) is 34.4 Å². The Kier molecular flexibility index (Phi) is 5.17. The van der Waals surface area contributed by atoms with Gasteiger partial charge in [-0.05, 0) is 35.4 Å². The molecule has 0 saturated heterocycles. The highest BCUT2D eigenvalue weighted by atomic mass is 19.4. The molecule has 2 rings (SSSR count). The van der Waals surface area contributed by atoms with Crippen LogP contribution in [0.2, 0.25) is 0 Å². The van der Waals surface area contributed by atoms with E-state index in [0.717, 1.165) is 0 Å². The second-order valence-corrected chi connectivity index (χ2v) is 5.94. The van der Waals surface area contributed by atoms with Gasteiger partial charge >= 0.3 is 12.4 Å². The number of carbonyl (C=O) groups excluding carboxylic acids is 2. The lowest BCUT2D eigenvalue weighted by Crippen LogP contribution is -2.55. The maximum atomic E-state index is 14.0. The van der Waals surface area contributed by atoms with Crippen molar-refractivity contribution in [2.75, 3.05) is 0 Å². The zero-order valence-electron chi connectivity index (χ0n) is 14.1. The van der Waals surface area contributed by atoms with Gasteiger partial charge in [-0.2, -0.15) is 26.3 Å². The number of phenols is 2. The summed E-state index contributed by atoms with van der Waals surface area (Å²) in [5.41, 5.74) is 0.137. The van der Waals surface area contributed by atoms with Gasteiger partial charge in [0.25, 0.3) is 11.8 Å². The molecule has 2 aromatic carbocycles. The molecule has 0 aliphatic carbocycles. The van der Waals surface area contributed by atoms with Crippen molar-refractivity contribution in [1.82, 2.24) is 0 Å². The van der Waals surface area contributed by atoms with E-state index in [-0.39, 0.29) is 12.1 Å². The van der Waals surface area contributed by atoms with Gasteiger partial charge in [-0.25, -0.2) is 0 Å². The first-order valence-electron chi connectivity index (χ1n) is 7.54. The van der Waals surface area contributed by atoms with Crippen molar-refractivity contribution >= 4 is 11.8 Å². The van der Waals surface area contributed by atoms with Crippen LogP contribution in [0.4, 0.5) is 26.3 Å². The largest absolute Gasteiger partial charge is 0.507 e. The van der Waals surface area contributed by atoms with Gasteiger partial charge in [0.2, 0.25) is 5.41 Å². The zero-order valence-corrected chi connectivity index (χ0v) is 14.1. The second kappa shape index (κ2) is 6.87. The standard InChI is InChI=1S/C17H12F6N2O4/c18-16(19,20)15(17(21,22)23,7-1-3-11(26)9(5-7)13(24)28)8-2-4-12(27)10(6-8)14(25)29/h1-6,26-27H,(H2,24,28)(H2,25,29). The van der Waals surface area contributed by atoms with Crippen LogP contribution >= 0.6 is 0 Å². The van der Waals surface area contributed by atoms with Crippen molar-refractivity contribution in [3.8, 4) is 11.5 Å². The summed E-state index contributed by atoms with van der Waals surface area (Å²) in [5, 5.41) is 19.1. The minimum absolute atomic E-state index is 0.162. The maximum Gasteiger partial charge on any atom is 0.411 e. The Morgan fingerprint density at radius 1 is 0.690 bits per heavy atom. The molecule has 0 spiro atoms. The third-order valence-corrected chi connectivity index (χ3v) is 4.24. The van der Waals surface area contributed by atoms with Crippen LogP contribution in [0.25, 0.3) is 0 Å². The first-order chi connectivity index (χ1) is 13.1. The van der Waals surface area contributed by atoms with Gasteiger partial charge in [0.1, 0.15) is 11.5 Å². The molecule has 0 fully saturated rings. The van der Waals surface area contributed by atoms with Gasteiger partial charge < -0.3 is 21.7 Å². The average molecular weight is 422 g/mol. The molecule has 0 atom stereocenters. The van der Waals surface area contributed by atoms with Gasteiger partial charge in [-0.3, -0.25) is 9.59 Å². The smallest absolute Gasteiger partial charge is 0.411 e. The van der Waals surface area contributed by atoms with E-state index in [1.54, 1.807) is 0 Å². The summed E-state index contributed by atoms with van der Waals surface area (Å²) in [6, 6.07) is 1.87. The van der Waals surface area contributed by atoms with E-state index in [1.165, 1.54) is 0 Å². The average Bonchev–Trinajstić information content (AvgIpc) is 2.55. The summed E-state index contributed by atoms with van der Waals surface area (Å²) in [4.78, 5) is 22.7. The van der Waals surface area contributed by atoms with E-state index in [9.17, 15) is 46.1 Å². The van der Waals surface area contributed by atoms with E-state index < -0.39 is 63.3 Å². The fraction of sp³-hybridized carbons (Fsp3) is 0.176. The molecule has 0 radical (unpaired) electrons. The number of aromatic hydroxyl groups is 2. The third-order valence-electron chi connectivity index (χ3n) is 4.24. The van der Waals surface area contributed by atoms with Gasteiger partial charge in [0, 0.05) is 0 Å². The first kappa shape index (κ1) is 21.9. The molecular formula is C17H12F6N2O4. The summed E-state index contributed by atoms with van der Waals surface area (Å²) >= 11 is 0. The summed E-state index contributed by atoms with van der Waals surface area (Å²) < 4.78 is 84.2. The molecule has 0 heterocycles. The number of halogens is 6. The summed E-state index contributed by atoms with van der Waals surface area (Å²) in [6.45, 7) is 0. The summed E-state index contributed by atoms with van der Waals surface area (Å²) in [7, 11) is 0. The van der Waals surface area contributed by atoms with Crippen LogP contribution in [-0.2, 0) is 5.41 Å². The molecule has 0 unspecified atom stereocenters. The normalized spacial score (nSPS) is 12.6. The number of amides is 2. The molecule has 156 valence electrons. The van der Waals surface area contributed by atoms with E-state index in [1.807, 2.05) is 0 Å². The molecule has 0 saturated carbocycles. The molecule has 0 aliphatic heterocycles. The highest BCUT2D eigenvalue weighted by Crippen LogP contribution is 2.56. The van der Waals surface area contributed by atoms with Crippen molar-refractivity contribution in [1.29, 1.82) is 0 Å². The van der Waals surface area contributed by atoms with Gasteiger partial charge in [-0.1, -0.05) is 12.1 Å². The molecule has 2 amide bonds. The van der Waals surface area contributed by atoms with Crippen molar-refractivity contribution < 1.29 is 46.1 Å². The topological polar surface area (TPSA) is 127 Å². The molecule has 0 aliphatic rings. The van der Waals surface area contributed by atoms with Crippen molar-refractivity contribution in [3.63, 3.8) is 0 Å². The van der Waals surface area contributed by atoms with E-state index in [0.29, 0.717) is 24.3 Å². The quantitative estimate of drug-likeness (QED) is 0.565. The number of alkyl halides is 6. The lowest BCUT2D eigenvalue weighted by Gasteiger charge is -2.38. The van der Waals surface area contributed by atoms with Crippen LogP contribution in [0.1, 0.15) is 31.8 Å². The molecule has 6 N–H and O–H groups in total. The SMILES string of the molecule is NC(=O)c1cc(C(c2ccc(O)c(C(N)=O)c2)(C(F)(F)F)C(F)(F)F)ccc1O. The number of nitrogens with two attached hydrogens (primary N) is 2. The number of carbonyl (C=O) groups is 2. The zero-order chi connectivity index (χ0) is 22.4. The van der Waals surface area contributed by atoms with E-state index in [4.69, 9.17) is 11.5 Å². The van der Waals surface area contributed by atoms with E-state index in [2.05, 4.69) is 0 Å². The highest BCUT2D eigenvalue weighted by Gasteiger charge is 2.72. The molecule has 0 aromatic heterocycles. The Balaban J connectivity index is 3.04. The van der Waals surface area contributed by atoms with Crippen LogP contribution in [0, 0.1) is 0 Å². The number of hydrogen-bond donors (Lipinski definition) is 4. The number of primary amides is 2. The predicted octanol–water partition coefficient (Wildman–Crippen LogP) is 2.71. The lowest BCUT2D eigenvalue weighted by molar-refractivity contribution is -0.288. The molecule has 0 bridgehead atoms. The molecular weight excluding hydrogens is 410 g/mol. The molecule has 12 heteroatoms. The second-order valence-electron chi connectivity index (χ2n) is 5.94. The third kappa shape index (κ3) is 3.41. The fourth-order valence-electron chi connectivity index (χ4n) is 2.92. The predicted molar refractivity (Wildman–Crippen MR) is 86.1 cm³/mol. The summed E-state index contributed by atoms with van der Waals surface area (Å²) in [6.07, 6.45) is -12.1. The Morgan fingerprint density at radius 3 is 1.24 bits per heavy atom. The fourth-order valence-corrected chi connectivity index (χ4v) is 2.92. The van der Waals surface area contributed by atoms with Crippen molar-refractivity contribution in [2.45, 2.75) is 17.8 Å². The molecule has 2 aromatic rings. The number of hydrogen-bond acceptors (Lipinski definition) is 4. The van der Waals surface area contributed by atoms with Crippen molar-refractivity contribution in [3.05, 3.63) is 58.7 Å². The van der Waals surface area contributed by atoms with Crippen LogP contribution < -0.4 is 11.5 Å². The Morgan fingerprint density at radius 2 is 1.00 bits per heavy atom. The van der Waals surface area contributed by atoms with Gasteiger partial charge in [0.15, 0.2) is 0 Å². The first-order valence-corrected chi connectivity index (χ1v) is 7.54. The molecule has 29 heavy (non-hydrogen) atoms. The van der Waals surface area contributed by atoms with Crippen molar-refractivity contribution in [2.24, 2.45) is 11.5 Å². The monoisotopic (exact) mass is 422 g/mol. The Labute approximate surface area is 158 Å². The van der Waals surface area contributed by atoms with Crippen LogP contribution in [0.15, 0.2) is 36.4 Å². The number of benzene rings is 2. The highest BCUT2D eigenvalue weighted by molar-refractivity contribution is 5.96. The lowest BCUT2D eigenvalue weighted by atomic mass is 9.72. The minimum Gasteiger partial charge on any atom is -0.507 e. The van der Waals surface area contributed by atoms with Crippen LogP contribution in [0.5, 0.6) is 11.5 Å². The van der Waals surface area contributed by atoms with Crippen LogP contribution in [0.3, 0.4) is 0 Å². The number of rotatable bonds is 4. The van der Waals surface area contributed by atoms with Gasteiger partial charge in [-0.15, -0.1) is 0 Å². The Bertz CT molecular complexity index is 905. The van der Waals surface area contributed by atoms with Gasteiger partial charge in [0.05, 0.1) is 11.1 Å².